The van der Waals surface area contributed by atoms with E-state index >= 15 is 0 Å². The highest BCUT2D eigenvalue weighted by Gasteiger charge is 2.27. The summed E-state index contributed by atoms with van der Waals surface area (Å²) >= 11 is 0. The second kappa shape index (κ2) is 9.99. The molecule has 1 amide bonds. The SMILES string of the molecule is COC(=O)c1ccc(C)c(NC(=O)CCOc2ccc(C(C)(C)CC(C)(C)C)cc2)c1. The molecule has 0 aliphatic carbocycles. The van der Waals surface area contributed by atoms with Crippen LogP contribution in [-0.2, 0) is 14.9 Å². The van der Waals surface area contributed by atoms with E-state index in [0.717, 1.165) is 17.7 Å². The van der Waals surface area contributed by atoms with Crippen molar-refractivity contribution in [1.29, 1.82) is 0 Å². The van der Waals surface area contributed by atoms with Gasteiger partial charge in [-0.2, -0.15) is 0 Å². The first-order chi connectivity index (χ1) is 14.4. The minimum atomic E-state index is -0.437. The molecule has 0 atom stereocenters. The Morgan fingerprint density at radius 3 is 2.19 bits per heavy atom. The second-order valence-electron chi connectivity index (χ2n) is 9.81. The minimum Gasteiger partial charge on any atom is -0.493 e. The quantitative estimate of drug-likeness (QED) is 0.535. The van der Waals surface area contributed by atoms with Crippen LogP contribution < -0.4 is 10.1 Å². The van der Waals surface area contributed by atoms with E-state index in [2.05, 4.69) is 52.1 Å². The zero-order valence-corrected chi connectivity index (χ0v) is 19.8. The summed E-state index contributed by atoms with van der Waals surface area (Å²) in [6.07, 6.45) is 1.29. The van der Waals surface area contributed by atoms with Gasteiger partial charge < -0.3 is 14.8 Å². The Morgan fingerprint density at radius 1 is 0.968 bits per heavy atom. The van der Waals surface area contributed by atoms with Gasteiger partial charge in [-0.25, -0.2) is 4.79 Å². The lowest BCUT2D eigenvalue weighted by molar-refractivity contribution is -0.116. The fourth-order valence-electron chi connectivity index (χ4n) is 3.91. The largest absolute Gasteiger partial charge is 0.493 e. The molecule has 0 saturated carbocycles. The molecule has 1 N–H and O–H groups in total. The summed E-state index contributed by atoms with van der Waals surface area (Å²) in [5.41, 5.74) is 3.46. The van der Waals surface area contributed by atoms with Gasteiger partial charge in [-0.1, -0.05) is 52.8 Å². The third-order valence-corrected chi connectivity index (χ3v) is 5.14. The van der Waals surface area contributed by atoms with E-state index in [1.165, 1.54) is 12.7 Å². The maximum atomic E-state index is 12.3. The molecule has 2 aromatic carbocycles. The first-order valence-corrected chi connectivity index (χ1v) is 10.6. The number of anilines is 1. The van der Waals surface area contributed by atoms with Gasteiger partial charge in [0.15, 0.2) is 0 Å². The van der Waals surface area contributed by atoms with Crippen LogP contribution in [0.25, 0.3) is 0 Å². The van der Waals surface area contributed by atoms with Gasteiger partial charge in [0.05, 0.1) is 25.7 Å². The maximum absolute atomic E-state index is 12.3. The molecule has 0 fully saturated rings. The van der Waals surface area contributed by atoms with Gasteiger partial charge in [0.2, 0.25) is 5.91 Å². The molecule has 5 heteroatoms. The van der Waals surface area contributed by atoms with Gasteiger partial charge >= 0.3 is 5.97 Å². The maximum Gasteiger partial charge on any atom is 0.337 e. The van der Waals surface area contributed by atoms with E-state index in [9.17, 15) is 9.59 Å². The van der Waals surface area contributed by atoms with Crippen molar-refractivity contribution in [2.24, 2.45) is 5.41 Å². The van der Waals surface area contributed by atoms with Crippen molar-refractivity contribution in [1.82, 2.24) is 0 Å². The van der Waals surface area contributed by atoms with Crippen molar-refractivity contribution in [2.45, 2.75) is 59.8 Å². The zero-order valence-electron chi connectivity index (χ0n) is 19.8. The molecule has 0 radical (unpaired) electrons. The highest BCUT2D eigenvalue weighted by atomic mass is 16.5. The number of esters is 1. The van der Waals surface area contributed by atoms with E-state index in [4.69, 9.17) is 9.47 Å². The number of hydrogen-bond donors (Lipinski definition) is 1. The molecule has 168 valence electrons. The highest BCUT2D eigenvalue weighted by Crippen LogP contribution is 2.36. The minimum absolute atomic E-state index is 0.0766. The summed E-state index contributed by atoms with van der Waals surface area (Å²) in [7, 11) is 1.33. The van der Waals surface area contributed by atoms with Crippen LogP contribution in [0.2, 0.25) is 0 Å². The van der Waals surface area contributed by atoms with E-state index < -0.39 is 5.97 Å². The third-order valence-electron chi connectivity index (χ3n) is 5.14. The van der Waals surface area contributed by atoms with Crippen molar-refractivity contribution in [3.8, 4) is 5.75 Å². The number of nitrogens with one attached hydrogen (secondary N) is 1. The molecule has 0 spiro atoms. The summed E-state index contributed by atoms with van der Waals surface area (Å²) in [6.45, 7) is 13.4. The molecule has 0 heterocycles. The van der Waals surface area contributed by atoms with E-state index in [1.54, 1.807) is 18.2 Å². The van der Waals surface area contributed by atoms with Crippen molar-refractivity contribution >= 4 is 17.6 Å². The Labute approximate surface area is 186 Å². The second-order valence-corrected chi connectivity index (χ2v) is 9.81. The normalized spacial score (nSPS) is 11.7. The highest BCUT2D eigenvalue weighted by molar-refractivity contribution is 5.95. The van der Waals surface area contributed by atoms with E-state index in [1.807, 2.05) is 19.1 Å². The summed E-state index contributed by atoms with van der Waals surface area (Å²) in [6, 6.07) is 13.2. The van der Waals surface area contributed by atoms with Gasteiger partial charge in [-0.15, -0.1) is 0 Å². The van der Waals surface area contributed by atoms with Gasteiger partial charge in [-0.05, 0) is 59.6 Å². The van der Waals surface area contributed by atoms with Crippen LogP contribution >= 0.6 is 0 Å². The predicted molar refractivity (Wildman–Crippen MR) is 125 cm³/mol. The average Bonchev–Trinajstić information content (AvgIpc) is 2.67. The van der Waals surface area contributed by atoms with Crippen LogP contribution in [0.5, 0.6) is 5.75 Å². The molecule has 0 aliphatic heterocycles. The summed E-state index contributed by atoms with van der Waals surface area (Å²) in [4.78, 5) is 24.0. The molecular formula is C26H35NO4. The zero-order chi connectivity index (χ0) is 23.2. The van der Waals surface area contributed by atoms with Crippen LogP contribution in [0.1, 0.15) is 68.9 Å². The number of methoxy groups -OCH3 is 1. The van der Waals surface area contributed by atoms with Crippen LogP contribution in [0.3, 0.4) is 0 Å². The van der Waals surface area contributed by atoms with Crippen LogP contribution in [0.4, 0.5) is 5.69 Å². The lowest BCUT2D eigenvalue weighted by Crippen LogP contribution is -2.24. The van der Waals surface area contributed by atoms with Crippen LogP contribution in [0, 0.1) is 12.3 Å². The molecule has 5 nitrogen and oxygen atoms in total. The fourth-order valence-corrected chi connectivity index (χ4v) is 3.91. The number of carbonyl (C=O) groups excluding carboxylic acids is 2. The number of benzene rings is 2. The Kier molecular flexibility index (Phi) is 7.88. The lowest BCUT2D eigenvalue weighted by Gasteiger charge is -2.33. The summed E-state index contributed by atoms with van der Waals surface area (Å²) in [5.74, 6) is 0.132. The molecule has 0 aromatic heterocycles. The Hall–Kier alpha value is -2.82. The number of aryl methyl sites for hydroxylation is 1. The lowest BCUT2D eigenvalue weighted by atomic mass is 9.72. The molecule has 0 saturated heterocycles. The molecule has 2 rings (SSSR count). The van der Waals surface area contributed by atoms with Crippen molar-refractivity contribution < 1.29 is 19.1 Å². The predicted octanol–water partition coefficient (Wildman–Crippen LogP) is 5.90. The molecular weight excluding hydrogens is 390 g/mol. The van der Waals surface area contributed by atoms with Crippen LogP contribution in [-0.4, -0.2) is 25.6 Å². The fraction of sp³-hybridized carbons (Fsp3) is 0.462. The molecule has 0 aliphatic rings. The molecule has 0 unspecified atom stereocenters. The number of carbonyl (C=O) groups is 2. The number of rotatable bonds is 8. The van der Waals surface area contributed by atoms with E-state index in [-0.39, 0.29) is 29.8 Å². The van der Waals surface area contributed by atoms with Crippen molar-refractivity contribution in [2.75, 3.05) is 19.0 Å². The number of ether oxygens (including phenoxy) is 2. The van der Waals surface area contributed by atoms with Crippen LogP contribution in [0.15, 0.2) is 42.5 Å². The third kappa shape index (κ3) is 7.42. The summed E-state index contributed by atoms with van der Waals surface area (Å²) < 4.78 is 10.5. The number of hydrogen-bond acceptors (Lipinski definition) is 4. The van der Waals surface area contributed by atoms with Gasteiger partial charge in [0.1, 0.15) is 5.75 Å². The average molecular weight is 426 g/mol. The van der Waals surface area contributed by atoms with Crippen molar-refractivity contribution in [3.63, 3.8) is 0 Å². The summed E-state index contributed by atoms with van der Waals surface area (Å²) in [5, 5.41) is 2.84. The Bertz CT molecular complexity index is 908. The topological polar surface area (TPSA) is 64.6 Å². The van der Waals surface area contributed by atoms with Gasteiger partial charge in [0, 0.05) is 5.69 Å². The standard InChI is InChI=1S/C26H35NO4/c1-18-8-9-19(24(29)30-7)16-22(18)27-23(28)14-15-31-21-12-10-20(11-13-21)26(5,6)17-25(2,3)4/h8-13,16H,14-15,17H2,1-7H3,(H,27,28). The molecule has 0 bridgehead atoms. The first kappa shape index (κ1) is 24.4. The first-order valence-electron chi connectivity index (χ1n) is 10.6. The van der Waals surface area contributed by atoms with Gasteiger partial charge in [0.25, 0.3) is 0 Å². The van der Waals surface area contributed by atoms with Crippen molar-refractivity contribution in [3.05, 3.63) is 59.2 Å². The molecule has 2 aromatic rings. The number of amides is 1. The Morgan fingerprint density at radius 2 is 1.61 bits per heavy atom. The van der Waals surface area contributed by atoms with Gasteiger partial charge in [-0.3, -0.25) is 4.79 Å². The van der Waals surface area contributed by atoms with E-state index in [0.29, 0.717) is 11.3 Å². The molecule has 31 heavy (non-hydrogen) atoms. The monoisotopic (exact) mass is 425 g/mol. The Balaban J connectivity index is 1.90. The smallest absolute Gasteiger partial charge is 0.337 e.